The predicted octanol–water partition coefficient (Wildman–Crippen LogP) is 4.56. The van der Waals surface area contributed by atoms with E-state index < -0.39 is 6.43 Å². The van der Waals surface area contributed by atoms with Gasteiger partial charge in [0.25, 0.3) is 6.43 Å². The van der Waals surface area contributed by atoms with Crippen molar-refractivity contribution in [1.82, 2.24) is 0 Å². The minimum atomic E-state index is -2.62. The molecule has 2 rings (SSSR count). The number of anilines is 1. The van der Waals surface area contributed by atoms with Crippen LogP contribution in [0.4, 0.5) is 14.5 Å². The number of halogens is 2. The third kappa shape index (κ3) is 3.22. The zero-order chi connectivity index (χ0) is 13.8. The quantitative estimate of drug-likeness (QED) is 0.820. The van der Waals surface area contributed by atoms with Crippen LogP contribution in [0, 0.1) is 0 Å². The maximum absolute atomic E-state index is 12.9. The summed E-state index contributed by atoms with van der Waals surface area (Å²) in [5.41, 5.74) is 6.71. The van der Waals surface area contributed by atoms with Crippen LogP contribution in [-0.2, 0) is 6.42 Å². The molecule has 0 atom stereocenters. The van der Waals surface area contributed by atoms with Crippen molar-refractivity contribution in [3.8, 4) is 11.5 Å². The third-order valence-corrected chi connectivity index (χ3v) is 2.80. The number of benzene rings is 2. The number of hydrogen-bond donors (Lipinski definition) is 1. The smallest absolute Gasteiger partial charge is 0.267 e. The number of hydrogen-bond acceptors (Lipinski definition) is 2. The predicted molar refractivity (Wildman–Crippen MR) is 71.7 cm³/mol. The molecule has 0 amide bonds. The summed E-state index contributed by atoms with van der Waals surface area (Å²) in [7, 11) is 0. The first-order valence-electron chi connectivity index (χ1n) is 6.04. The fourth-order valence-electron chi connectivity index (χ4n) is 1.79. The molecule has 0 fully saturated rings. The van der Waals surface area contributed by atoms with Gasteiger partial charge in [0.05, 0.1) is 5.56 Å². The zero-order valence-electron chi connectivity index (χ0n) is 10.6. The maximum Gasteiger partial charge on any atom is 0.267 e. The lowest BCUT2D eigenvalue weighted by Crippen LogP contribution is -1.95. The first kappa shape index (κ1) is 13.3. The van der Waals surface area contributed by atoms with Crippen molar-refractivity contribution < 1.29 is 13.5 Å². The standard InChI is InChI=1S/C15H15F2NO/c1-2-10-4-3-5-12(8-10)19-14-7-6-11(18)9-13(14)15(16)17/h3-9,15H,2,18H2,1H3. The molecule has 0 saturated carbocycles. The van der Waals surface area contributed by atoms with Crippen LogP contribution in [0.1, 0.15) is 24.5 Å². The topological polar surface area (TPSA) is 35.2 Å². The normalized spacial score (nSPS) is 10.7. The second-order valence-corrected chi connectivity index (χ2v) is 4.20. The molecular weight excluding hydrogens is 248 g/mol. The average molecular weight is 263 g/mol. The van der Waals surface area contributed by atoms with Gasteiger partial charge in [-0.05, 0) is 42.3 Å². The summed E-state index contributed by atoms with van der Waals surface area (Å²) in [5, 5.41) is 0. The van der Waals surface area contributed by atoms with Crippen LogP contribution in [0.2, 0.25) is 0 Å². The Morgan fingerprint density at radius 3 is 2.63 bits per heavy atom. The van der Waals surface area contributed by atoms with Gasteiger partial charge in [-0.15, -0.1) is 0 Å². The number of ether oxygens (including phenoxy) is 1. The average Bonchev–Trinajstić information content (AvgIpc) is 2.41. The van der Waals surface area contributed by atoms with E-state index in [2.05, 4.69) is 0 Å². The Labute approximate surface area is 110 Å². The van der Waals surface area contributed by atoms with E-state index >= 15 is 0 Å². The van der Waals surface area contributed by atoms with Crippen LogP contribution < -0.4 is 10.5 Å². The van der Waals surface area contributed by atoms with Crippen LogP contribution in [0.3, 0.4) is 0 Å². The lowest BCUT2D eigenvalue weighted by molar-refractivity contribution is 0.148. The van der Waals surface area contributed by atoms with Crippen molar-refractivity contribution in [1.29, 1.82) is 0 Å². The van der Waals surface area contributed by atoms with Gasteiger partial charge >= 0.3 is 0 Å². The molecule has 0 heterocycles. The van der Waals surface area contributed by atoms with Gasteiger partial charge in [0.1, 0.15) is 11.5 Å². The van der Waals surface area contributed by atoms with E-state index in [0.717, 1.165) is 12.0 Å². The summed E-state index contributed by atoms with van der Waals surface area (Å²) in [6.45, 7) is 2.02. The van der Waals surface area contributed by atoms with Crippen LogP contribution in [-0.4, -0.2) is 0 Å². The second kappa shape index (κ2) is 5.69. The van der Waals surface area contributed by atoms with Crippen molar-refractivity contribution >= 4 is 5.69 Å². The van der Waals surface area contributed by atoms with Gasteiger partial charge in [0, 0.05) is 5.69 Å². The minimum absolute atomic E-state index is 0.137. The lowest BCUT2D eigenvalue weighted by Gasteiger charge is -2.12. The second-order valence-electron chi connectivity index (χ2n) is 4.20. The first-order chi connectivity index (χ1) is 9.10. The number of aryl methyl sites for hydroxylation is 1. The Hall–Kier alpha value is -2.10. The molecule has 0 spiro atoms. The summed E-state index contributed by atoms with van der Waals surface area (Å²) in [6, 6.07) is 11.6. The Kier molecular flexibility index (Phi) is 4.00. The van der Waals surface area contributed by atoms with Gasteiger partial charge in [-0.1, -0.05) is 19.1 Å². The molecule has 0 radical (unpaired) electrons. The van der Waals surface area contributed by atoms with E-state index in [1.165, 1.54) is 12.1 Å². The molecule has 2 aromatic rings. The molecule has 2 N–H and O–H groups in total. The highest BCUT2D eigenvalue weighted by atomic mass is 19.3. The van der Waals surface area contributed by atoms with Crippen LogP contribution >= 0.6 is 0 Å². The third-order valence-electron chi connectivity index (χ3n) is 2.80. The van der Waals surface area contributed by atoms with E-state index in [9.17, 15) is 8.78 Å². The molecule has 0 aliphatic carbocycles. The molecule has 100 valence electrons. The number of rotatable bonds is 4. The largest absolute Gasteiger partial charge is 0.457 e. The van der Waals surface area contributed by atoms with Crippen LogP contribution in [0.15, 0.2) is 42.5 Å². The molecule has 19 heavy (non-hydrogen) atoms. The van der Waals surface area contributed by atoms with E-state index in [-0.39, 0.29) is 11.3 Å². The number of alkyl halides is 2. The fraction of sp³-hybridized carbons (Fsp3) is 0.200. The Morgan fingerprint density at radius 1 is 1.16 bits per heavy atom. The Balaban J connectivity index is 2.32. The highest BCUT2D eigenvalue weighted by Gasteiger charge is 2.15. The molecule has 0 saturated heterocycles. The van der Waals surface area contributed by atoms with Crippen molar-refractivity contribution in [2.45, 2.75) is 19.8 Å². The highest BCUT2D eigenvalue weighted by molar-refractivity contribution is 5.49. The number of nitrogen functional groups attached to an aromatic ring is 1. The van der Waals surface area contributed by atoms with E-state index in [1.54, 1.807) is 12.1 Å². The monoisotopic (exact) mass is 263 g/mol. The molecule has 0 unspecified atom stereocenters. The van der Waals surface area contributed by atoms with E-state index in [1.807, 2.05) is 25.1 Å². The molecule has 0 aliphatic rings. The van der Waals surface area contributed by atoms with Gasteiger partial charge in [-0.3, -0.25) is 0 Å². The molecule has 0 aromatic heterocycles. The molecular formula is C15H15F2NO. The molecule has 4 heteroatoms. The number of nitrogens with two attached hydrogens (primary N) is 1. The molecule has 0 aliphatic heterocycles. The highest BCUT2D eigenvalue weighted by Crippen LogP contribution is 2.34. The van der Waals surface area contributed by atoms with Gasteiger partial charge in [0.15, 0.2) is 0 Å². The van der Waals surface area contributed by atoms with Gasteiger partial charge < -0.3 is 10.5 Å². The van der Waals surface area contributed by atoms with Crippen molar-refractivity contribution in [2.75, 3.05) is 5.73 Å². The summed E-state index contributed by atoms with van der Waals surface area (Å²) >= 11 is 0. The summed E-state index contributed by atoms with van der Waals surface area (Å²) in [4.78, 5) is 0. The van der Waals surface area contributed by atoms with Crippen LogP contribution in [0.5, 0.6) is 11.5 Å². The van der Waals surface area contributed by atoms with Crippen LogP contribution in [0.25, 0.3) is 0 Å². The lowest BCUT2D eigenvalue weighted by atomic mass is 10.1. The summed E-state index contributed by atoms with van der Waals surface area (Å²) < 4.78 is 31.4. The van der Waals surface area contributed by atoms with Gasteiger partial charge in [-0.2, -0.15) is 0 Å². The van der Waals surface area contributed by atoms with Gasteiger partial charge in [0.2, 0.25) is 0 Å². The van der Waals surface area contributed by atoms with Gasteiger partial charge in [-0.25, -0.2) is 8.78 Å². The van der Waals surface area contributed by atoms with E-state index in [4.69, 9.17) is 10.5 Å². The fourth-order valence-corrected chi connectivity index (χ4v) is 1.79. The van der Waals surface area contributed by atoms with E-state index in [0.29, 0.717) is 11.4 Å². The van der Waals surface area contributed by atoms with Crippen molar-refractivity contribution in [3.05, 3.63) is 53.6 Å². The first-order valence-corrected chi connectivity index (χ1v) is 6.04. The van der Waals surface area contributed by atoms with Crippen molar-refractivity contribution in [2.24, 2.45) is 0 Å². The Bertz CT molecular complexity index is 570. The Morgan fingerprint density at radius 2 is 1.95 bits per heavy atom. The van der Waals surface area contributed by atoms with Crippen molar-refractivity contribution in [3.63, 3.8) is 0 Å². The summed E-state index contributed by atoms with van der Waals surface area (Å²) in [5.74, 6) is 0.684. The maximum atomic E-state index is 12.9. The zero-order valence-corrected chi connectivity index (χ0v) is 10.6. The SMILES string of the molecule is CCc1cccc(Oc2ccc(N)cc2C(F)F)c1. The molecule has 2 aromatic carbocycles. The minimum Gasteiger partial charge on any atom is -0.457 e. The summed E-state index contributed by atoms with van der Waals surface area (Å²) in [6.07, 6.45) is -1.76. The molecule has 2 nitrogen and oxygen atoms in total. The molecule has 0 bridgehead atoms.